The van der Waals surface area contributed by atoms with Crippen LogP contribution in [-0.4, -0.2) is 4.92 Å². The molecule has 0 rings (SSSR count). The number of nitro groups is 1. The summed E-state index contributed by atoms with van der Waals surface area (Å²) in [5, 5.41) is 10.0. The summed E-state index contributed by atoms with van der Waals surface area (Å²) in [7, 11) is 0. The first kappa shape index (κ1) is 9.71. The number of halogens is 1. The SMILES string of the molecule is C=C/C(N)=C(\C(=C)Cl)[N+](=O)[O-]. The molecule has 0 fully saturated rings. The lowest BCUT2D eigenvalue weighted by molar-refractivity contribution is -0.420. The Kier molecular flexibility index (Phi) is 3.33. The lowest BCUT2D eigenvalue weighted by atomic mass is 10.3. The second kappa shape index (κ2) is 3.78. The third kappa shape index (κ3) is 2.43. The fourth-order valence-corrected chi connectivity index (χ4v) is 0.636. The molecule has 2 N–H and O–H groups in total. The molecule has 0 saturated heterocycles. The fraction of sp³-hybridized carbons (Fsp3) is 0. The molecule has 0 radical (unpaired) electrons. The van der Waals surface area contributed by atoms with E-state index in [1.54, 1.807) is 0 Å². The van der Waals surface area contributed by atoms with Crippen LogP contribution in [0.15, 0.2) is 35.7 Å². The van der Waals surface area contributed by atoms with Crippen molar-refractivity contribution >= 4 is 11.6 Å². The van der Waals surface area contributed by atoms with Crippen molar-refractivity contribution in [1.29, 1.82) is 0 Å². The Morgan fingerprint density at radius 1 is 1.73 bits per heavy atom. The largest absolute Gasteiger partial charge is 0.393 e. The molecular weight excluding hydrogens is 168 g/mol. The minimum atomic E-state index is -0.702. The minimum Gasteiger partial charge on any atom is -0.393 e. The summed E-state index contributed by atoms with van der Waals surface area (Å²) < 4.78 is 0. The van der Waals surface area contributed by atoms with Gasteiger partial charge >= 0.3 is 5.70 Å². The van der Waals surface area contributed by atoms with Crippen LogP contribution in [0, 0.1) is 10.1 Å². The van der Waals surface area contributed by atoms with Crippen LogP contribution in [0.3, 0.4) is 0 Å². The predicted octanol–water partition coefficient (Wildman–Crippen LogP) is 1.37. The van der Waals surface area contributed by atoms with Gasteiger partial charge in [0, 0.05) is 0 Å². The molecular formula is C6H7ClN2O2. The number of rotatable bonds is 3. The molecule has 0 amide bonds. The van der Waals surface area contributed by atoms with E-state index in [-0.39, 0.29) is 10.7 Å². The van der Waals surface area contributed by atoms with Crippen molar-refractivity contribution in [2.24, 2.45) is 5.73 Å². The summed E-state index contributed by atoms with van der Waals surface area (Å²) in [5.41, 5.74) is 4.70. The molecule has 11 heavy (non-hydrogen) atoms. The Labute approximate surface area is 68.8 Å². The van der Waals surface area contributed by atoms with Gasteiger partial charge in [0.15, 0.2) is 0 Å². The van der Waals surface area contributed by atoms with Gasteiger partial charge in [-0.15, -0.1) is 0 Å². The maximum atomic E-state index is 10.2. The summed E-state index contributed by atoms with van der Waals surface area (Å²) in [5.74, 6) is 0. The van der Waals surface area contributed by atoms with Crippen LogP contribution in [0.25, 0.3) is 0 Å². The average Bonchev–Trinajstić information content (AvgIpc) is 1.85. The monoisotopic (exact) mass is 174 g/mol. The summed E-state index contributed by atoms with van der Waals surface area (Å²) in [4.78, 5) is 9.51. The average molecular weight is 175 g/mol. The van der Waals surface area contributed by atoms with Gasteiger partial charge in [-0.05, 0) is 6.08 Å². The van der Waals surface area contributed by atoms with Gasteiger partial charge in [-0.25, -0.2) is 0 Å². The van der Waals surface area contributed by atoms with Gasteiger partial charge in [-0.2, -0.15) is 0 Å². The van der Waals surface area contributed by atoms with Gasteiger partial charge in [0.25, 0.3) is 0 Å². The fourth-order valence-electron chi connectivity index (χ4n) is 0.458. The van der Waals surface area contributed by atoms with Crippen LogP contribution >= 0.6 is 11.6 Å². The Hall–Kier alpha value is -1.29. The Bertz CT molecular complexity index is 229. The van der Waals surface area contributed by atoms with Crippen molar-refractivity contribution in [1.82, 2.24) is 0 Å². The van der Waals surface area contributed by atoms with Crippen molar-refractivity contribution in [3.8, 4) is 0 Å². The lowest BCUT2D eigenvalue weighted by Crippen LogP contribution is -2.07. The highest BCUT2D eigenvalue weighted by Gasteiger charge is 2.16. The lowest BCUT2D eigenvalue weighted by Gasteiger charge is -1.96. The molecule has 0 bridgehead atoms. The second-order valence-electron chi connectivity index (χ2n) is 1.67. The molecule has 5 heteroatoms. The number of hydrogen-bond donors (Lipinski definition) is 1. The van der Waals surface area contributed by atoms with E-state index in [2.05, 4.69) is 13.2 Å². The van der Waals surface area contributed by atoms with Crippen LogP contribution in [0.1, 0.15) is 0 Å². The second-order valence-corrected chi connectivity index (χ2v) is 2.13. The smallest absolute Gasteiger partial charge is 0.309 e. The Balaban J connectivity index is 5.04. The first-order valence-electron chi connectivity index (χ1n) is 2.62. The van der Waals surface area contributed by atoms with Gasteiger partial charge in [-0.3, -0.25) is 10.1 Å². The van der Waals surface area contributed by atoms with E-state index < -0.39 is 10.6 Å². The zero-order valence-electron chi connectivity index (χ0n) is 5.71. The van der Waals surface area contributed by atoms with Crippen molar-refractivity contribution in [3.05, 3.63) is 45.8 Å². The molecule has 4 nitrogen and oxygen atoms in total. The van der Waals surface area contributed by atoms with Gasteiger partial charge < -0.3 is 5.73 Å². The van der Waals surface area contributed by atoms with E-state index >= 15 is 0 Å². The molecule has 0 unspecified atom stereocenters. The van der Waals surface area contributed by atoms with Crippen molar-refractivity contribution in [2.75, 3.05) is 0 Å². The van der Waals surface area contributed by atoms with Gasteiger partial charge in [0.05, 0.1) is 4.92 Å². The highest BCUT2D eigenvalue weighted by Crippen LogP contribution is 2.14. The number of allylic oxidation sites excluding steroid dienone is 2. The third-order valence-electron chi connectivity index (χ3n) is 0.933. The first-order chi connectivity index (χ1) is 5.00. The van der Waals surface area contributed by atoms with Crippen LogP contribution in [-0.2, 0) is 0 Å². The van der Waals surface area contributed by atoms with E-state index in [9.17, 15) is 10.1 Å². The van der Waals surface area contributed by atoms with Crippen molar-refractivity contribution in [2.45, 2.75) is 0 Å². The van der Waals surface area contributed by atoms with Crippen LogP contribution in [0.2, 0.25) is 0 Å². The van der Waals surface area contributed by atoms with Crippen LogP contribution < -0.4 is 5.73 Å². The quantitative estimate of drug-likeness (QED) is 0.399. The maximum absolute atomic E-state index is 10.2. The molecule has 0 aliphatic rings. The normalized spacial score (nSPS) is 11.7. The molecule has 0 spiro atoms. The van der Waals surface area contributed by atoms with Crippen molar-refractivity contribution in [3.63, 3.8) is 0 Å². The topological polar surface area (TPSA) is 69.2 Å². The molecule has 0 aromatic carbocycles. The van der Waals surface area contributed by atoms with Crippen LogP contribution in [0.4, 0.5) is 0 Å². The van der Waals surface area contributed by atoms with Crippen molar-refractivity contribution < 1.29 is 4.92 Å². The van der Waals surface area contributed by atoms with E-state index in [0.29, 0.717) is 0 Å². The molecule has 0 heterocycles. The molecule has 0 aliphatic heterocycles. The molecule has 0 aromatic rings. The summed E-state index contributed by atoms with van der Waals surface area (Å²) in [6.07, 6.45) is 1.14. The molecule has 0 saturated carbocycles. The molecule has 60 valence electrons. The minimum absolute atomic E-state index is 0.0880. The summed E-state index contributed by atoms with van der Waals surface area (Å²) in [6, 6.07) is 0. The number of nitrogens with two attached hydrogens (primary N) is 1. The van der Waals surface area contributed by atoms with Crippen LogP contribution in [0.5, 0.6) is 0 Å². The number of nitrogens with zero attached hydrogens (tertiary/aromatic N) is 1. The molecule has 0 atom stereocenters. The van der Waals surface area contributed by atoms with E-state index in [4.69, 9.17) is 17.3 Å². The van der Waals surface area contributed by atoms with Gasteiger partial charge in [0.2, 0.25) is 0 Å². The number of hydrogen-bond acceptors (Lipinski definition) is 3. The van der Waals surface area contributed by atoms with Gasteiger partial charge in [0.1, 0.15) is 10.7 Å². The zero-order valence-corrected chi connectivity index (χ0v) is 6.47. The summed E-state index contributed by atoms with van der Waals surface area (Å²) in [6.45, 7) is 6.44. The third-order valence-corrected chi connectivity index (χ3v) is 1.11. The van der Waals surface area contributed by atoms with E-state index in [1.807, 2.05) is 0 Å². The molecule has 0 aliphatic carbocycles. The van der Waals surface area contributed by atoms with E-state index in [0.717, 1.165) is 6.08 Å². The zero-order chi connectivity index (χ0) is 9.02. The highest BCUT2D eigenvalue weighted by atomic mass is 35.5. The van der Waals surface area contributed by atoms with E-state index in [1.165, 1.54) is 0 Å². The predicted molar refractivity (Wildman–Crippen MR) is 43.4 cm³/mol. The standard InChI is InChI=1S/C6H7ClN2O2/c1-3-5(8)6(4(2)7)9(10)11/h3H,1-2,8H2/b6-5-. The Morgan fingerprint density at radius 3 is 2.27 bits per heavy atom. The Morgan fingerprint density at radius 2 is 2.18 bits per heavy atom. The van der Waals surface area contributed by atoms with Gasteiger partial charge in [-0.1, -0.05) is 24.8 Å². The highest BCUT2D eigenvalue weighted by molar-refractivity contribution is 6.31. The molecule has 0 aromatic heterocycles. The summed E-state index contributed by atoms with van der Waals surface area (Å²) >= 11 is 5.29. The first-order valence-corrected chi connectivity index (χ1v) is 2.99. The maximum Gasteiger partial charge on any atom is 0.309 e.